The number of rotatable bonds is 3. The van der Waals surface area contributed by atoms with Crippen LogP contribution in [0.4, 0.5) is 13.2 Å². The molecule has 3 rings (SSSR count). The first-order valence-electron chi connectivity index (χ1n) is 8.75. The Bertz CT molecular complexity index is 753. The minimum atomic E-state index is -4.39. The first kappa shape index (κ1) is 19.2. The first-order chi connectivity index (χ1) is 12.4. The summed E-state index contributed by atoms with van der Waals surface area (Å²) in [6, 6.07) is 11.1. The monoisotopic (exact) mass is 382 g/mol. The van der Waals surface area contributed by atoms with Crippen molar-refractivity contribution < 1.29 is 13.2 Å². The van der Waals surface area contributed by atoms with E-state index in [1.54, 1.807) is 0 Å². The molecule has 1 saturated heterocycles. The second-order valence-electron chi connectivity index (χ2n) is 6.63. The van der Waals surface area contributed by atoms with E-state index in [1.165, 1.54) is 12.1 Å². The van der Waals surface area contributed by atoms with Crippen molar-refractivity contribution in [2.75, 3.05) is 26.2 Å². The van der Waals surface area contributed by atoms with Crippen molar-refractivity contribution in [2.45, 2.75) is 25.6 Å². The van der Waals surface area contributed by atoms with Crippen LogP contribution in [0.2, 0.25) is 5.02 Å². The molecule has 1 aliphatic rings. The zero-order chi connectivity index (χ0) is 18.7. The summed E-state index contributed by atoms with van der Waals surface area (Å²) in [4.78, 5) is 2.23. The Labute approximate surface area is 157 Å². The van der Waals surface area contributed by atoms with Crippen LogP contribution in [-0.4, -0.2) is 31.1 Å². The molecule has 0 saturated carbocycles. The van der Waals surface area contributed by atoms with Gasteiger partial charge >= 0.3 is 6.18 Å². The molecule has 1 aliphatic heterocycles. The summed E-state index contributed by atoms with van der Waals surface area (Å²) in [6.07, 6.45) is -3.45. The number of hydrogen-bond donors (Lipinski definition) is 1. The molecule has 0 aromatic heterocycles. The Morgan fingerprint density at radius 1 is 1.04 bits per heavy atom. The number of aryl methyl sites for hydroxylation is 1. The van der Waals surface area contributed by atoms with Crippen molar-refractivity contribution in [2.24, 2.45) is 0 Å². The van der Waals surface area contributed by atoms with Gasteiger partial charge in [0.2, 0.25) is 0 Å². The summed E-state index contributed by atoms with van der Waals surface area (Å²) in [5.41, 5.74) is 1.89. The predicted molar refractivity (Wildman–Crippen MR) is 98.5 cm³/mol. The molecule has 6 heteroatoms. The van der Waals surface area contributed by atoms with Crippen LogP contribution >= 0.6 is 11.6 Å². The predicted octanol–water partition coefficient (Wildman–Crippen LogP) is 5.05. The summed E-state index contributed by atoms with van der Waals surface area (Å²) < 4.78 is 39.9. The summed E-state index contributed by atoms with van der Waals surface area (Å²) in [5.74, 6) is 0. The lowest BCUT2D eigenvalue weighted by atomic mass is 9.92. The highest BCUT2D eigenvalue weighted by atomic mass is 35.5. The van der Waals surface area contributed by atoms with Crippen molar-refractivity contribution >= 4 is 11.6 Å². The summed E-state index contributed by atoms with van der Waals surface area (Å²) in [5, 5.41) is 3.71. The SMILES string of the molecule is Cc1ccccc1C(c1cc(C(F)(F)F)ccc1Cl)N1CCCNCC1. The van der Waals surface area contributed by atoms with Gasteiger partial charge in [-0.2, -0.15) is 13.2 Å². The summed E-state index contributed by atoms with van der Waals surface area (Å²) in [6.45, 7) is 5.26. The highest BCUT2D eigenvalue weighted by Crippen LogP contribution is 2.39. The molecule has 26 heavy (non-hydrogen) atoms. The quantitative estimate of drug-likeness (QED) is 0.798. The van der Waals surface area contributed by atoms with Crippen LogP contribution in [-0.2, 0) is 6.18 Å². The minimum absolute atomic E-state index is 0.300. The maximum atomic E-state index is 13.3. The van der Waals surface area contributed by atoms with Gasteiger partial charge in [-0.25, -0.2) is 0 Å². The van der Waals surface area contributed by atoms with Gasteiger partial charge < -0.3 is 5.32 Å². The third-order valence-corrected chi connectivity index (χ3v) is 5.18. The molecular formula is C20H22ClF3N2. The fourth-order valence-corrected chi connectivity index (χ4v) is 3.73. The number of nitrogens with one attached hydrogen (secondary N) is 1. The van der Waals surface area contributed by atoms with E-state index in [0.717, 1.165) is 49.8 Å². The molecule has 0 radical (unpaired) electrons. The maximum absolute atomic E-state index is 13.3. The zero-order valence-electron chi connectivity index (χ0n) is 14.6. The second kappa shape index (κ2) is 7.99. The summed E-state index contributed by atoms with van der Waals surface area (Å²) in [7, 11) is 0. The molecule has 1 N–H and O–H groups in total. The highest BCUT2D eigenvalue weighted by Gasteiger charge is 2.33. The van der Waals surface area contributed by atoms with E-state index in [1.807, 2.05) is 31.2 Å². The minimum Gasteiger partial charge on any atom is -0.315 e. The number of alkyl halides is 3. The number of benzene rings is 2. The van der Waals surface area contributed by atoms with Gasteiger partial charge in [0, 0.05) is 24.7 Å². The second-order valence-corrected chi connectivity index (χ2v) is 7.04. The standard InChI is InChI=1S/C20H22ClF3N2/c1-14-5-2-3-6-16(14)19(26-11-4-9-25-10-12-26)17-13-15(20(22,23)24)7-8-18(17)21/h2-3,5-8,13,19,25H,4,9-12H2,1H3. The maximum Gasteiger partial charge on any atom is 0.416 e. The summed E-state index contributed by atoms with van der Waals surface area (Å²) >= 11 is 6.39. The normalized spacial score (nSPS) is 17.7. The Balaban J connectivity index is 2.13. The zero-order valence-corrected chi connectivity index (χ0v) is 15.4. The van der Waals surface area contributed by atoms with Gasteiger partial charge in [0.05, 0.1) is 11.6 Å². The fourth-order valence-electron chi connectivity index (χ4n) is 3.51. The molecular weight excluding hydrogens is 361 g/mol. The van der Waals surface area contributed by atoms with Crippen LogP contribution in [0.3, 0.4) is 0 Å². The van der Waals surface area contributed by atoms with E-state index in [9.17, 15) is 13.2 Å². The molecule has 2 nitrogen and oxygen atoms in total. The lowest BCUT2D eigenvalue weighted by Crippen LogP contribution is -2.33. The third kappa shape index (κ3) is 4.22. The van der Waals surface area contributed by atoms with Gasteiger partial charge in [-0.05, 0) is 54.8 Å². The van der Waals surface area contributed by atoms with Crippen molar-refractivity contribution in [1.29, 1.82) is 0 Å². The fraction of sp³-hybridized carbons (Fsp3) is 0.400. The molecule has 140 valence electrons. The van der Waals surface area contributed by atoms with Gasteiger partial charge in [0.15, 0.2) is 0 Å². The molecule has 0 bridgehead atoms. The lowest BCUT2D eigenvalue weighted by Gasteiger charge is -2.33. The Morgan fingerprint density at radius 3 is 2.54 bits per heavy atom. The lowest BCUT2D eigenvalue weighted by molar-refractivity contribution is -0.137. The third-order valence-electron chi connectivity index (χ3n) is 4.84. The van der Waals surface area contributed by atoms with Crippen LogP contribution in [0.1, 0.15) is 34.7 Å². The van der Waals surface area contributed by atoms with E-state index in [0.29, 0.717) is 10.6 Å². The van der Waals surface area contributed by atoms with E-state index < -0.39 is 11.7 Å². The van der Waals surface area contributed by atoms with Gasteiger partial charge in [-0.1, -0.05) is 35.9 Å². The van der Waals surface area contributed by atoms with E-state index in [2.05, 4.69) is 10.2 Å². The smallest absolute Gasteiger partial charge is 0.315 e. The van der Waals surface area contributed by atoms with E-state index >= 15 is 0 Å². The van der Waals surface area contributed by atoms with Crippen molar-refractivity contribution in [3.63, 3.8) is 0 Å². The average Bonchev–Trinajstić information content (AvgIpc) is 2.87. The molecule has 2 aromatic rings. The average molecular weight is 383 g/mol. The Morgan fingerprint density at radius 2 is 1.81 bits per heavy atom. The highest BCUT2D eigenvalue weighted by molar-refractivity contribution is 6.31. The van der Waals surface area contributed by atoms with Crippen molar-refractivity contribution in [3.8, 4) is 0 Å². The molecule has 2 aromatic carbocycles. The van der Waals surface area contributed by atoms with Gasteiger partial charge in [-0.15, -0.1) is 0 Å². The number of hydrogen-bond acceptors (Lipinski definition) is 2. The van der Waals surface area contributed by atoms with Gasteiger partial charge in [0.25, 0.3) is 0 Å². The van der Waals surface area contributed by atoms with Crippen LogP contribution < -0.4 is 5.32 Å². The largest absolute Gasteiger partial charge is 0.416 e. The van der Waals surface area contributed by atoms with E-state index in [4.69, 9.17) is 11.6 Å². The topological polar surface area (TPSA) is 15.3 Å². The van der Waals surface area contributed by atoms with Crippen LogP contribution in [0.25, 0.3) is 0 Å². The van der Waals surface area contributed by atoms with E-state index in [-0.39, 0.29) is 6.04 Å². The van der Waals surface area contributed by atoms with Gasteiger partial charge in [-0.3, -0.25) is 4.90 Å². The van der Waals surface area contributed by atoms with Crippen LogP contribution in [0.15, 0.2) is 42.5 Å². The Kier molecular flexibility index (Phi) is 5.90. The molecule has 0 spiro atoms. The van der Waals surface area contributed by atoms with Crippen LogP contribution in [0, 0.1) is 6.92 Å². The van der Waals surface area contributed by atoms with Gasteiger partial charge in [0.1, 0.15) is 0 Å². The molecule has 1 atom stereocenters. The molecule has 0 amide bonds. The number of nitrogens with zero attached hydrogens (tertiary/aromatic N) is 1. The molecule has 1 unspecified atom stereocenters. The molecule has 1 fully saturated rings. The van der Waals surface area contributed by atoms with Crippen molar-refractivity contribution in [1.82, 2.24) is 10.2 Å². The Hall–Kier alpha value is -1.56. The molecule has 0 aliphatic carbocycles. The molecule has 1 heterocycles. The van der Waals surface area contributed by atoms with Crippen molar-refractivity contribution in [3.05, 3.63) is 69.7 Å². The first-order valence-corrected chi connectivity index (χ1v) is 9.12. The number of halogens is 4. The van der Waals surface area contributed by atoms with Crippen LogP contribution in [0.5, 0.6) is 0 Å².